The minimum Gasteiger partial charge on any atom is -0.374 e. The minimum absolute atomic E-state index is 0.0436. The third-order valence-electron chi connectivity index (χ3n) is 3.01. The van der Waals surface area contributed by atoms with Crippen molar-refractivity contribution in [3.63, 3.8) is 0 Å². The molecule has 1 fully saturated rings. The highest BCUT2D eigenvalue weighted by molar-refractivity contribution is 9.10. The van der Waals surface area contributed by atoms with Gasteiger partial charge in [0, 0.05) is 26.7 Å². The van der Waals surface area contributed by atoms with Crippen molar-refractivity contribution in [2.24, 2.45) is 0 Å². The van der Waals surface area contributed by atoms with Gasteiger partial charge in [0.2, 0.25) is 0 Å². The van der Waals surface area contributed by atoms with Crippen molar-refractivity contribution in [1.82, 2.24) is 10.2 Å². The van der Waals surface area contributed by atoms with E-state index in [1.165, 1.54) is 11.0 Å². The molecule has 104 valence electrons. The predicted octanol–water partition coefficient (Wildman–Crippen LogP) is 1.65. The lowest BCUT2D eigenvalue weighted by Gasteiger charge is -2.28. The molecule has 1 aliphatic heterocycles. The Balaban J connectivity index is 2.03. The fraction of sp³-hybridized carbons (Fsp3) is 0.462. The van der Waals surface area contributed by atoms with Crippen LogP contribution in [0.25, 0.3) is 0 Å². The van der Waals surface area contributed by atoms with Crippen molar-refractivity contribution < 1.29 is 13.9 Å². The van der Waals surface area contributed by atoms with E-state index in [2.05, 4.69) is 21.2 Å². The van der Waals surface area contributed by atoms with Crippen molar-refractivity contribution in [3.8, 4) is 0 Å². The molecule has 4 nitrogen and oxygen atoms in total. The Morgan fingerprint density at radius 3 is 3.11 bits per heavy atom. The zero-order valence-electron chi connectivity index (χ0n) is 10.7. The lowest BCUT2D eigenvalue weighted by Crippen LogP contribution is -2.45. The van der Waals surface area contributed by atoms with Gasteiger partial charge in [-0.2, -0.15) is 0 Å². The van der Waals surface area contributed by atoms with Crippen LogP contribution in [0.5, 0.6) is 0 Å². The fourth-order valence-electron chi connectivity index (χ4n) is 2.00. The number of nitrogens with one attached hydrogen (secondary N) is 1. The molecule has 1 unspecified atom stereocenters. The molecule has 0 radical (unpaired) electrons. The highest BCUT2D eigenvalue weighted by Crippen LogP contribution is 2.19. The van der Waals surface area contributed by atoms with Crippen molar-refractivity contribution in [1.29, 1.82) is 0 Å². The van der Waals surface area contributed by atoms with E-state index >= 15 is 0 Å². The number of hydrogen-bond donors (Lipinski definition) is 1. The van der Waals surface area contributed by atoms with E-state index in [-0.39, 0.29) is 17.6 Å². The van der Waals surface area contributed by atoms with Crippen molar-refractivity contribution in [2.75, 3.05) is 33.3 Å². The number of halogens is 2. The number of benzene rings is 1. The van der Waals surface area contributed by atoms with E-state index in [1.54, 1.807) is 19.2 Å². The van der Waals surface area contributed by atoms with Crippen LogP contribution >= 0.6 is 15.9 Å². The highest BCUT2D eigenvalue weighted by atomic mass is 79.9. The first-order valence-electron chi connectivity index (χ1n) is 6.11. The van der Waals surface area contributed by atoms with Crippen LogP contribution in [0.15, 0.2) is 22.7 Å². The van der Waals surface area contributed by atoms with E-state index in [9.17, 15) is 9.18 Å². The van der Waals surface area contributed by atoms with Gasteiger partial charge in [-0.3, -0.25) is 4.79 Å². The molecule has 0 saturated carbocycles. The fourth-order valence-corrected chi connectivity index (χ4v) is 2.37. The van der Waals surface area contributed by atoms with Crippen molar-refractivity contribution in [2.45, 2.75) is 6.10 Å². The molecule has 0 aromatic heterocycles. The third kappa shape index (κ3) is 3.52. The maximum Gasteiger partial charge on any atom is 0.256 e. The molecule has 2 rings (SSSR count). The first-order valence-corrected chi connectivity index (χ1v) is 6.90. The van der Waals surface area contributed by atoms with E-state index in [1.807, 2.05) is 0 Å². The number of morpholine rings is 1. The molecule has 0 spiro atoms. The highest BCUT2D eigenvalue weighted by Gasteiger charge is 2.22. The number of rotatable bonds is 3. The summed E-state index contributed by atoms with van der Waals surface area (Å²) in [6.07, 6.45) is -0.0436. The van der Waals surface area contributed by atoms with Gasteiger partial charge < -0.3 is 15.0 Å². The Morgan fingerprint density at radius 2 is 2.42 bits per heavy atom. The second-order valence-corrected chi connectivity index (χ2v) is 5.34. The number of ether oxygens (including phenoxy) is 1. The van der Waals surface area contributed by atoms with Gasteiger partial charge in [-0.25, -0.2) is 4.39 Å². The molecule has 19 heavy (non-hydrogen) atoms. The van der Waals surface area contributed by atoms with Crippen LogP contribution in [0.2, 0.25) is 0 Å². The van der Waals surface area contributed by atoms with Crippen molar-refractivity contribution in [3.05, 3.63) is 34.1 Å². The predicted molar refractivity (Wildman–Crippen MR) is 73.7 cm³/mol. The summed E-state index contributed by atoms with van der Waals surface area (Å²) in [6.45, 7) is 2.61. The second kappa shape index (κ2) is 6.45. The molecule has 1 atom stereocenters. The Morgan fingerprint density at radius 1 is 1.63 bits per heavy atom. The number of likely N-dealkylation sites (N-methyl/N-ethyl adjacent to an activating group) is 1. The number of hydrogen-bond acceptors (Lipinski definition) is 3. The molecule has 1 aromatic carbocycles. The van der Waals surface area contributed by atoms with E-state index in [0.717, 1.165) is 6.54 Å². The van der Waals surface area contributed by atoms with E-state index < -0.39 is 5.82 Å². The SMILES string of the molecule is CN(CC1CNCCO1)C(=O)c1cccc(Br)c1F. The Labute approximate surface area is 120 Å². The average molecular weight is 331 g/mol. The molecule has 1 aromatic rings. The van der Waals surface area contributed by atoms with Crippen LogP contribution in [0, 0.1) is 5.82 Å². The Bertz CT molecular complexity index is 464. The number of carbonyl (C=O) groups excluding carboxylic acids is 1. The van der Waals surface area contributed by atoms with Crippen LogP contribution in [0.4, 0.5) is 4.39 Å². The summed E-state index contributed by atoms with van der Waals surface area (Å²) in [7, 11) is 1.65. The van der Waals surface area contributed by atoms with Crippen LogP contribution < -0.4 is 5.32 Å². The zero-order chi connectivity index (χ0) is 13.8. The summed E-state index contributed by atoms with van der Waals surface area (Å²) in [4.78, 5) is 13.7. The molecule has 1 heterocycles. The van der Waals surface area contributed by atoms with Gasteiger partial charge in [-0.05, 0) is 28.1 Å². The van der Waals surface area contributed by atoms with Gasteiger partial charge in [0.25, 0.3) is 5.91 Å². The van der Waals surface area contributed by atoms with Gasteiger partial charge in [0.15, 0.2) is 0 Å². The normalized spacial score (nSPS) is 19.2. The van der Waals surface area contributed by atoms with Gasteiger partial charge in [-0.1, -0.05) is 6.07 Å². The van der Waals surface area contributed by atoms with Gasteiger partial charge in [-0.15, -0.1) is 0 Å². The first kappa shape index (κ1) is 14.4. The summed E-state index contributed by atoms with van der Waals surface area (Å²) < 4.78 is 19.7. The summed E-state index contributed by atoms with van der Waals surface area (Å²) >= 11 is 3.08. The summed E-state index contributed by atoms with van der Waals surface area (Å²) in [5.74, 6) is -0.866. The number of amides is 1. The molecule has 0 aliphatic carbocycles. The maximum absolute atomic E-state index is 13.9. The molecule has 6 heteroatoms. The summed E-state index contributed by atoms with van der Waals surface area (Å²) in [6, 6.07) is 4.70. The quantitative estimate of drug-likeness (QED) is 0.916. The molecule has 1 amide bonds. The van der Waals surface area contributed by atoms with Gasteiger partial charge in [0.05, 0.1) is 22.7 Å². The minimum atomic E-state index is -0.526. The average Bonchev–Trinajstić information content (AvgIpc) is 2.42. The lowest BCUT2D eigenvalue weighted by atomic mass is 10.2. The largest absolute Gasteiger partial charge is 0.374 e. The van der Waals surface area contributed by atoms with Crippen molar-refractivity contribution >= 4 is 21.8 Å². The lowest BCUT2D eigenvalue weighted by molar-refractivity contribution is 0.0103. The smallest absolute Gasteiger partial charge is 0.256 e. The zero-order valence-corrected chi connectivity index (χ0v) is 12.2. The van der Waals surface area contributed by atoms with E-state index in [0.29, 0.717) is 24.2 Å². The molecule has 0 bridgehead atoms. The molecular weight excluding hydrogens is 315 g/mol. The summed E-state index contributed by atoms with van der Waals surface area (Å²) in [5.41, 5.74) is 0.0700. The van der Waals surface area contributed by atoms with E-state index in [4.69, 9.17) is 4.74 Å². The number of nitrogens with zero attached hydrogens (tertiary/aromatic N) is 1. The van der Waals surface area contributed by atoms with Crippen LogP contribution in [0.1, 0.15) is 10.4 Å². The monoisotopic (exact) mass is 330 g/mol. The molecule has 1 N–H and O–H groups in total. The third-order valence-corrected chi connectivity index (χ3v) is 3.62. The molecular formula is C13H16BrFN2O2. The summed E-state index contributed by atoms with van der Waals surface area (Å²) in [5, 5.41) is 3.19. The van der Waals surface area contributed by atoms with Crippen LogP contribution in [-0.4, -0.2) is 50.2 Å². The van der Waals surface area contributed by atoms with Gasteiger partial charge in [0.1, 0.15) is 5.82 Å². The standard InChI is InChI=1S/C13H16BrFN2O2/c1-17(8-9-7-16-5-6-19-9)13(18)10-3-2-4-11(14)12(10)15/h2-4,9,16H,5-8H2,1H3. The Kier molecular flexibility index (Phi) is 4.90. The first-order chi connectivity index (χ1) is 9.09. The topological polar surface area (TPSA) is 41.6 Å². The molecule has 1 saturated heterocycles. The van der Waals surface area contributed by atoms with Crippen LogP contribution in [-0.2, 0) is 4.74 Å². The second-order valence-electron chi connectivity index (χ2n) is 4.48. The van der Waals surface area contributed by atoms with Crippen LogP contribution in [0.3, 0.4) is 0 Å². The maximum atomic E-state index is 13.9. The molecule has 1 aliphatic rings. The Hall–Kier alpha value is -0.980. The van der Waals surface area contributed by atoms with Gasteiger partial charge >= 0.3 is 0 Å². The number of carbonyl (C=O) groups is 1.